The fourth-order valence-electron chi connectivity index (χ4n) is 1.98. The summed E-state index contributed by atoms with van der Waals surface area (Å²) in [7, 11) is 5.87. The zero-order valence-electron chi connectivity index (χ0n) is 13.4. The van der Waals surface area contributed by atoms with Gasteiger partial charge >= 0.3 is 5.97 Å². The molecule has 0 aliphatic rings. The molecule has 122 valence electrons. The van der Waals surface area contributed by atoms with Crippen LogP contribution < -0.4 is 18.9 Å². The molecular weight excluding hydrogens is 300 g/mol. The van der Waals surface area contributed by atoms with Gasteiger partial charge in [0.15, 0.2) is 11.5 Å². The largest absolute Gasteiger partial charge is 0.497 e. The molecule has 0 unspecified atom stereocenters. The zero-order valence-corrected chi connectivity index (χ0v) is 13.4. The van der Waals surface area contributed by atoms with E-state index in [0.717, 1.165) is 5.75 Å². The van der Waals surface area contributed by atoms with Crippen molar-refractivity contribution in [2.75, 3.05) is 28.4 Å². The van der Waals surface area contributed by atoms with Crippen molar-refractivity contribution >= 4 is 5.97 Å². The summed E-state index contributed by atoms with van der Waals surface area (Å²) in [6, 6.07) is 10.1. The third-order valence-corrected chi connectivity index (χ3v) is 3.16. The molecule has 2 rings (SSSR count). The second kappa shape index (κ2) is 7.40. The van der Waals surface area contributed by atoms with Crippen LogP contribution in [0.3, 0.4) is 0 Å². The van der Waals surface area contributed by atoms with E-state index in [4.69, 9.17) is 23.7 Å². The van der Waals surface area contributed by atoms with E-state index in [1.165, 1.54) is 33.5 Å². The van der Waals surface area contributed by atoms with Crippen LogP contribution in [0.1, 0.15) is 10.4 Å². The average molecular weight is 318 g/mol. The topological polar surface area (TPSA) is 63.2 Å². The van der Waals surface area contributed by atoms with Crippen molar-refractivity contribution in [2.24, 2.45) is 0 Å². The van der Waals surface area contributed by atoms with E-state index >= 15 is 0 Å². The number of hydrogen-bond acceptors (Lipinski definition) is 6. The lowest BCUT2D eigenvalue weighted by Gasteiger charge is -2.15. The van der Waals surface area contributed by atoms with Crippen LogP contribution >= 0.6 is 0 Å². The number of methoxy groups -OCH3 is 4. The number of hydrogen-bond donors (Lipinski definition) is 0. The molecule has 0 aromatic heterocycles. The molecule has 6 heteroatoms. The second-order valence-corrected chi connectivity index (χ2v) is 4.48. The lowest BCUT2D eigenvalue weighted by Crippen LogP contribution is -2.04. The predicted molar refractivity (Wildman–Crippen MR) is 84.0 cm³/mol. The highest BCUT2D eigenvalue weighted by Gasteiger charge is 2.18. The first kappa shape index (κ1) is 16.5. The maximum absolute atomic E-state index is 11.7. The van der Waals surface area contributed by atoms with Gasteiger partial charge in [-0.3, -0.25) is 0 Å². The molecule has 23 heavy (non-hydrogen) atoms. The molecule has 6 nitrogen and oxygen atoms in total. The van der Waals surface area contributed by atoms with Crippen molar-refractivity contribution in [3.8, 4) is 28.7 Å². The fourth-order valence-corrected chi connectivity index (χ4v) is 1.98. The van der Waals surface area contributed by atoms with E-state index in [0.29, 0.717) is 28.6 Å². The van der Waals surface area contributed by atoms with Gasteiger partial charge in [-0.1, -0.05) is 0 Å². The van der Waals surface area contributed by atoms with Gasteiger partial charge in [0, 0.05) is 0 Å². The summed E-state index contributed by atoms with van der Waals surface area (Å²) in [6.07, 6.45) is 0. The molecule has 0 amide bonds. The third kappa shape index (κ3) is 3.66. The van der Waals surface area contributed by atoms with Crippen LogP contribution in [0.15, 0.2) is 36.4 Å². The first-order chi connectivity index (χ1) is 11.1. The van der Waals surface area contributed by atoms with E-state index in [1.807, 2.05) is 0 Å². The minimum Gasteiger partial charge on any atom is -0.497 e. The van der Waals surface area contributed by atoms with E-state index in [-0.39, 0.29) is 0 Å². The molecule has 0 spiro atoms. The molecule has 0 saturated heterocycles. The van der Waals surface area contributed by atoms with Crippen molar-refractivity contribution in [1.82, 2.24) is 0 Å². The van der Waals surface area contributed by atoms with Crippen LogP contribution in [0, 0.1) is 0 Å². The van der Waals surface area contributed by atoms with Gasteiger partial charge in [0.1, 0.15) is 11.5 Å². The Balaban J connectivity index is 2.41. The molecule has 0 N–H and O–H groups in total. The van der Waals surface area contributed by atoms with Crippen molar-refractivity contribution in [1.29, 1.82) is 0 Å². The third-order valence-electron chi connectivity index (χ3n) is 3.16. The molecule has 0 aliphatic heterocycles. The summed E-state index contributed by atoms with van der Waals surface area (Å²) < 4.78 is 26.3. The first-order valence-electron chi connectivity index (χ1n) is 6.79. The van der Waals surface area contributed by atoms with Gasteiger partial charge in [0.05, 0.1) is 34.0 Å². The van der Waals surface area contributed by atoms with Crippen LogP contribution in [-0.4, -0.2) is 34.4 Å². The standard InChI is InChI=1S/C17H18O6/c1-19-12-5-7-13(8-6-12)23-16-14(20-2)9-11(17(18)22-4)10-15(16)21-3/h5-10H,1-4H3. The lowest BCUT2D eigenvalue weighted by atomic mass is 10.2. The number of rotatable bonds is 6. The quantitative estimate of drug-likeness (QED) is 0.762. The van der Waals surface area contributed by atoms with Gasteiger partial charge in [-0.15, -0.1) is 0 Å². The monoisotopic (exact) mass is 318 g/mol. The highest BCUT2D eigenvalue weighted by Crippen LogP contribution is 2.41. The second-order valence-electron chi connectivity index (χ2n) is 4.48. The van der Waals surface area contributed by atoms with Crippen molar-refractivity contribution < 1.29 is 28.5 Å². The van der Waals surface area contributed by atoms with E-state index in [1.54, 1.807) is 31.4 Å². The summed E-state index contributed by atoms with van der Waals surface area (Å²) in [5, 5.41) is 0. The highest BCUT2D eigenvalue weighted by molar-refractivity contribution is 5.91. The van der Waals surface area contributed by atoms with Gasteiger partial charge in [0.2, 0.25) is 5.75 Å². The van der Waals surface area contributed by atoms with Crippen LogP contribution in [0.25, 0.3) is 0 Å². The SMILES string of the molecule is COC(=O)c1cc(OC)c(Oc2ccc(OC)cc2)c(OC)c1. The molecule has 2 aromatic rings. The Morgan fingerprint density at radius 1 is 0.783 bits per heavy atom. The number of benzene rings is 2. The van der Waals surface area contributed by atoms with Gasteiger partial charge in [0.25, 0.3) is 0 Å². The molecule has 0 radical (unpaired) electrons. The maximum Gasteiger partial charge on any atom is 0.338 e. The van der Waals surface area contributed by atoms with E-state index in [9.17, 15) is 4.79 Å². The molecule has 0 fully saturated rings. The Hall–Kier alpha value is -2.89. The Morgan fingerprint density at radius 2 is 1.30 bits per heavy atom. The Morgan fingerprint density at radius 3 is 1.74 bits per heavy atom. The molecular formula is C17H18O6. The van der Waals surface area contributed by atoms with Crippen LogP contribution in [0.2, 0.25) is 0 Å². The predicted octanol–water partition coefficient (Wildman–Crippen LogP) is 3.29. The Bertz CT molecular complexity index is 653. The summed E-state index contributed by atoms with van der Waals surface area (Å²) in [5.41, 5.74) is 0.309. The Labute approximate surface area is 134 Å². The van der Waals surface area contributed by atoms with Gasteiger partial charge in [-0.2, -0.15) is 0 Å². The summed E-state index contributed by atoms with van der Waals surface area (Å²) >= 11 is 0. The summed E-state index contributed by atoms with van der Waals surface area (Å²) in [5.74, 6) is 1.90. The van der Waals surface area contributed by atoms with Crippen molar-refractivity contribution in [3.63, 3.8) is 0 Å². The minimum atomic E-state index is -0.488. The van der Waals surface area contributed by atoms with E-state index < -0.39 is 5.97 Å². The number of ether oxygens (including phenoxy) is 5. The normalized spacial score (nSPS) is 9.91. The van der Waals surface area contributed by atoms with Gasteiger partial charge in [-0.25, -0.2) is 4.79 Å². The number of carbonyl (C=O) groups excluding carboxylic acids is 1. The molecule has 0 aliphatic carbocycles. The zero-order chi connectivity index (χ0) is 16.8. The fraction of sp³-hybridized carbons (Fsp3) is 0.235. The molecule has 0 saturated carbocycles. The van der Waals surface area contributed by atoms with Gasteiger partial charge in [-0.05, 0) is 36.4 Å². The average Bonchev–Trinajstić information content (AvgIpc) is 2.61. The summed E-state index contributed by atoms with van der Waals surface area (Å²) in [6.45, 7) is 0. The van der Waals surface area contributed by atoms with Crippen molar-refractivity contribution in [3.05, 3.63) is 42.0 Å². The highest BCUT2D eigenvalue weighted by atomic mass is 16.5. The number of carbonyl (C=O) groups is 1. The van der Waals surface area contributed by atoms with Crippen LogP contribution in [0.5, 0.6) is 28.7 Å². The maximum atomic E-state index is 11.7. The lowest BCUT2D eigenvalue weighted by molar-refractivity contribution is 0.0600. The smallest absolute Gasteiger partial charge is 0.338 e. The van der Waals surface area contributed by atoms with Crippen LogP contribution in [-0.2, 0) is 4.74 Å². The van der Waals surface area contributed by atoms with Gasteiger partial charge < -0.3 is 23.7 Å². The number of esters is 1. The molecule has 0 heterocycles. The van der Waals surface area contributed by atoms with E-state index in [2.05, 4.69) is 0 Å². The molecule has 0 atom stereocenters. The molecule has 2 aromatic carbocycles. The summed E-state index contributed by atoms with van der Waals surface area (Å²) in [4.78, 5) is 11.7. The first-order valence-corrected chi connectivity index (χ1v) is 6.79. The minimum absolute atomic E-state index is 0.309. The van der Waals surface area contributed by atoms with Crippen molar-refractivity contribution in [2.45, 2.75) is 0 Å². The molecule has 0 bridgehead atoms. The van der Waals surface area contributed by atoms with Crippen LogP contribution in [0.4, 0.5) is 0 Å². The Kier molecular flexibility index (Phi) is 5.30.